The third-order valence-electron chi connectivity index (χ3n) is 4.42. The number of anilines is 1. The highest BCUT2D eigenvalue weighted by Crippen LogP contribution is 2.28. The Morgan fingerprint density at radius 1 is 1.06 bits per heavy atom. The van der Waals surface area contributed by atoms with E-state index in [0.717, 1.165) is 12.3 Å². The summed E-state index contributed by atoms with van der Waals surface area (Å²) in [5.74, 6) is 0.971. The molecular formula is C17H27N. The summed E-state index contributed by atoms with van der Waals surface area (Å²) in [6.45, 7) is 4.57. The highest BCUT2D eigenvalue weighted by molar-refractivity contribution is 5.51. The van der Waals surface area contributed by atoms with Gasteiger partial charge in [-0.25, -0.2) is 0 Å². The van der Waals surface area contributed by atoms with Crippen molar-refractivity contribution in [3.63, 3.8) is 0 Å². The average molecular weight is 245 g/mol. The van der Waals surface area contributed by atoms with Crippen LogP contribution in [0.25, 0.3) is 0 Å². The normalized spacial score (nSPS) is 24.6. The number of nitrogens with one attached hydrogen (secondary N) is 1. The molecule has 0 heterocycles. The van der Waals surface area contributed by atoms with E-state index >= 15 is 0 Å². The first-order chi connectivity index (χ1) is 8.83. The minimum absolute atomic E-state index is 0.689. The fourth-order valence-corrected chi connectivity index (χ4v) is 3.12. The van der Waals surface area contributed by atoms with E-state index < -0.39 is 0 Å². The molecule has 1 aromatic rings. The van der Waals surface area contributed by atoms with Crippen LogP contribution in [0.15, 0.2) is 24.3 Å². The molecule has 0 radical (unpaired) electrons. The van der Waals surface area contributed by atoms with Gasteiger partial charge in [0.05, 0.1) is 0 Å². The quantitative estimate of drug-likeness (QED) is 0.734. The summed E-state index contributed by atoms with van der Waals surface area (Å²) in [6, 6.07) is 9.46. The highest BCUT2D eigenvalue weighted by Gasteiger charge is 2.17. The van der Waals surface area contributed by atoms with Gasteiger partial charge in [0, 0.05) is 11.7 Å². The van der Waals surface area contributed by atoms with Gasteiger partial charge in [0.1, 0.15) is 0 Å². The van der Waals surface area contributed by atoms with Crippen LogP contribution in [0.3, 0.4) is 0 Å². The maximum Gasteiger partial charge on any atom is 0.0374 e. The summed E-state index contributed by atoms with van der Waals surface area (Å²) in [4.78, 5) is 0. The van der Waals surface area contributed by atoms with E-state index in [1.807, 2.05) is 0 Å². The highest BCUT2D eigenvalue weighted by atomic mass is 14.9. The molecule has 1 N–H and O–H groups in total. The topological polar surface area (TPSA) is 12.0 Å². The molecule has 2 unspecified atom stereocenters. The fourth-order valence-electron chi connectivity index (χ4n) is 3.12. The lowest BCUT2D eigenvalue weighted by atomic mass is 9.97. The molecule has 0 spiro atoms. The summed E-state index contributed by atoms with van der Waals surface area (Å²) in [5, 5.41) is 3.79. The second-order valence-electron chi connectivity index (χ2n) is 5.63. The largest absolute Gasteiger partial charge is 0.382 e. The molecule has 1 nitrogen and oxygen atoms in total. The molecule has 0 saturated heterocycles. The molecule has 2 rings (SSSR count). The van der Waals surface area contributed by atoms with Crippen molar-refractivity contribution in [2.75, 3.05) is 5.32 Å². The van der Waals surface area contributed by atoms with Crippen LogP contribution in [0, 0.1) is 5.92 Å². The molecule has 1 aliphatic rings. The third-order valence-corrected chi connectivity index (χ3v) is 4.42. The Labute approximate surface area is 112 Å². The predicted octanol–water partition coefficient (Wildman–Crippen LogP) is 5.02. The molecular weight excluding hydrogens is 218 g/mol. The minimum atomic E-state index is 0.689. The van der Waals surface area contributed by atoms with Gasteiger partial charge in [-0.2, -0.15) is 0 Å². The molecule has 0 aliphatic heterocycles. The minimum Gasteiger partial charge on any atom is -0.382 e. The van der Waals surface area contributed by atoms with Crippen molar-refractivity contribution in [3.8, 4) is 0 Å². The molecule has 1 fully saturated rings. The SMILES string of the molecule is CCc1ccccc1NC1CCCC(CC)CC1. The van der Waals surface area contributed by atoms with Crippen molar-refractivity contribution in [1.82, 2.24) is 0 Å². The summed E-state index contributed by atoms with van der Waals surface area (Å²) in [5.41, 5.74) is 2.81. The molecule has 0 amide bonds. The lowest BCUT2D eigenvalue weighted by Gasteiger charge is -2.20. The number of hydrogen-bond acceptors (Lipinski definition) is 1. The number of hydrogen-bond donors (Lipinski definition) is 1. The van der Waals surface area contributed by atoms with E-state index in [-0.39, 0.29) is 0 Å². The van der Waals surface area contributed by atoms with E-state index in [0.29, 0.717) is 6.04 Å². The van der Waals surface area contributed by atoms with Crippen molar-refractivity contribution in [2.45, 2.75) is 64.8 Å². The lowest BCUT2D eigenvalue weighted by molar-refractivity contribution is 0.444. The van der Waals surface area contributed by atoms with Crippen molar-refractivity contribution in [2.24, 2.45) is 5.92 Å². The van der Waals surface area contributed by atoms with Gasteiger partial charge in [-0.3, -0.25) is 0 Å². The Hall–Kier alpha value is -0.980. The lowest BCUT2D eigenvalue weighted by Crippen LogP contribution is -2.19. The maximum absolute atomic E-state index is 3.79. The fraction of sp³-hybridized carbons (Fsp3) is 0.647. The Bertz CT molecular complexity index is 358. The Morgan fingerprint density at radius 2 is 1.89 bits per heavy atom. The maximum atomic E-state index is 3.79. The van der Waals surface area contributed by atoms with Gasteiger partial charge in [0.2, 0.25) is 0 Å². The first-order valence-corrected chi connectivity index (χ1v) is 7.68. The molecule has 0 aromatic heterocycles. The van der Waals surface area contributed by atoms with Gasteiger partial charge in [-0.1, -0.05) is 51.3 Å². The van der Waals surface area contributed by atoms with Crippen LogP contribution < -0.4 is 5.32 Å². The molecule has 0 bridgehead atoms. The van der Waals surface area contributed by atoms with Gasteiger partial charge in [0.25, 0.3) is 0 Å². The average Bonchev–Trinajstić information content (AvgIpc) is 2.64. The van der Waals surface area contributed by atoms with Gasteiger partial charge in [-0.05, 0) is 43.2 Å². The van der Waals surface area contributed by atoms with Crippen LogP contribution in [0.1, 0.15) is 57.9 Å². The van der Waals surface area contributed by atoms with E-state index in [4.69, 9.17) is 0 Å². The zero-order chi connectivity index (χ0) is 12.8. The molecule has 18 heavy (non-hydrogen) atoms. The predicted molar refractivity (Wildman–Crippen MR) is 80.1 cm³/mol. The van der Waals surface area contributed by atoms with Gasteiger partial charge in [-0.15, -0.1) is 0 Å². The first-order valence-electron chi connectivity index (χ1n) is 7.68. The summed E-state index contributed by atoms with van der Waals surface area (Å²) < 4.78 is 0. The molecule has 1 aromatic carbocycles. The van der Waals surface area contributed by atoms with E-state index in [1.165, 1.54) is 49.8 Å². The van der Waals surface area contributed by atoms with Crippen LogP contribution in [-0.2, 0) is 6.42 Å². The zero-order valence-corrected chi connectivity index (χ0v) is 11.9. The number of benzene rings is 1. The second-order valence-corrected chi connectivity index (χ2v) is 5.63. The van der Waals surface area contributed by atoms with Crippen molar-refractivity contribution >= 4 is 5.69 Å². The molecule has 1 saturated carbocycles. The zero-order valence-electron chi connectivity index (χ0n) is 11.9. The summed E-state index contributed by atoms with van der Waals surface area (Å²) in [6.07, 6.45) is 9.40. The van der Waals surface area contributed by atoms with Gasteiger partial charge < -0.3 is 5.32 Å². The van der Waals surface area contributed by atoms with E-state index in [2.05, 4.69) is 43.4 Å². The van der Waals surface area contributed by atoms with Crippen LogP contribution in [0.2, 0.25) is 0 Å². The van der Waals surface area contributed by atoms with Crippen molar-refractivity contribution in [1.29, 1.82) is 0 Å². The molecule has 1 heteroatoms. The van der Waals surface area contributed by atoms with Crippen LogP contribution >= 0.6 is 0 Å². The number of para-hydroxylation sites is 1. The van der Waals surface area contributed by atoms with Crippen molar-refractivity contribution in [3.05, 3.63) is 29.8 Å². The second kappa shape index (κ2) is 6.82. The Morgan fingerprint density at radius 3 is 2.67 bits per heavy atom. The third kappa shape index (κ3) is 3.51. The monoisotopic (exact) mass is 245 g/mol. The Kier molecular flexibility index (Phi) is 5.10. The van der Waals surface area contributed by atoms with E-state index in [9.17, 15) is 0 Å². The molecule has 100 valence electrons. The van der Waals surface area contributed by atoms with Crippen LogP contribution in [0.4, 0.5) is 5.69 Å². The molecule has 2 atom stereocenters. The van der Waals surface area contributed by atoms with Crippen LogP contribution in [0.5, 0.6) is 0 Å². The van der Waals surface area contributed by atoms with Gasteiger partial charge >= 0.3 is 0 Å². The van der Waals surface area contributed by atoms with Crippen LogP contribution in [-0.4, -0.2) is 6.04 Å². The molecule has 1 aliphatic carbocycles. The summed E-state index contributed by atoms with van der Waals surface area (Å²) in [7, 11) is 0. The van der Waals surface area contributed by atoms with E-state index in [1.54, 1.807) is 0 Å². The standard InChI is InChI=1S/C17H27N/c1-3-14-8-7-10-16(13-12-14)18-17-11-6-5-9-15(17)4-2/h5-6,9,11,14,16,18H,3-4,7-8,10,12-13H2,1-2H3. The Balaban J connectivity index is 1.96. The van der Waals surface area contributed by atoms with Gasteiger partial charge in [0.15, 0.2) is 0 Å². The first kappa shape index (κ1) is 13.5. The summed E-state index contributed by atoms with van der Waals surface area (Å²) >= 11 is 0. The number of rotatable bonds is 4. The number of aryl methyl sites for hydroxylation is 1. The smallest absolute Gasteiger partial charge is 0.0374 e. The van der Waals surface area contributed by atoms with Crippen molar-refractivity contribution < 1.29 is 0 Å².